The van der Waals surface area contributed by atoms with Gasteiger partial charge in [0, 0.05) is 30.4 Å². The maximum absolute atomic E-state index is 12.8. The van der Waals surface area contributed by atoms with E-state index in [4.69, 9.17) is 10.2 Å². The van der Waals surface area contributed by atoms with Gasteiger partial charge in [-0.05, 0) is 42.2 Å². The molecule has 6 nitrogen and oxygen atoms in total. The van der Waals surface area contributed by atoms with Crippen molar-refractivity contribution in [2.75, 3.05) is 18.4 Å². The smallest absolute Gasteiger partial charge is 0.291 e. The van der Waals surface area contributed by atoms with E-state index < -0.39 is 0 Å². The lowest BCUT2D eigenvalue weighted by atomic mass is 9.79. The highest BCUT2D eigenvalue weighted by Gasteiger charge is 2.35. The molecule has 1 atom stereocenters. The van der Waals surface area contributed by atoms with Crippen molar-refractivity contribution in [2.45, 2.75) is 26.3 Å². The lowest BCUT2D eigenvalue weighted by Gasteiger charge is -2.42. The van der Waals surface area contributed by atoms with Gasteiger partial charge < -0.3 is 20.4 Å². The van der Waals surface area contributed by atoms with Crippen molar-refractivity contribution in [3.05, 3.63) is 54.0 Å². The number of carbonyl (C=O) groups is 2. The molecule has 0 radical (unpaired) electrons. The molecule has 3 N–H and O–H groups in total. The molecule has 1 saturated heterocycles. The van der Waals surface area contributed by atoms with Gasteiger partial charge in [0.2, 0.25) is 0 Å². The fraction of sp³-hybridized carbons (Fsp3) is 0.368. The highest BCUT2D eigenvalue weighted by molar-refractivity contribution is 6.03. The number of rotatable bonds is 3. The van der Waals surface area contributed by atoms with Gasteiger partial charge in [-0.1, -0.05) is 19.9 Å². The first-order valence-corrected chi connectivity index (χ1v) is 8.36. The second kappa shape index (κ2) is 6.72. The van der Waals surface area contributed by atoms with E-state index in [1.54, 1.807) is 36.4 Å². The Balaban J connectivity index is 1.73. The van der Waals surface area contributed by atoms with Crippen molar-refractivity contribution in [1.82, 2.24) is 4.90 Å². The Kier molecular flexibility index (Phi) is 4.63. The topological polar surface area (TPSA) is 88.6 Å². The number of hydrogen-bond acceptors (Lipinski definition) is 4. The summed E-state index contributed by atoms with van der Waals surface area (Å²) >= 11 is 0. The number of nitrogens with zero attached hydrogens (tertiary/aromatic N) is 1. The molecule has 1 aromatic heterocycles. The number of furan rings is 1. The van der Waals surface area contributed by atoms with Crippen molar-refractivity contribution in [2.24, 2.45) is 11.1 Å². The number of hydrogen-bond donors (Lipinski definition) is 2. The van der Waals surface area contributed by atoms with Crippen LogP contribution in [0, 0.1) is 5.41 Å². The van der Waals surface area contributed by atoms with Gasteiger partial charge in [-0.2, -0.15) is 0 Å². The summed E-state index contributed by atoms with van der Waals surface area (Å²) < 4.78 is 5.07. The molecule has 6 heteroatoms. The van der Waals surface area contributed by atoms with Crippen LogP contribution < -0.4 is 11.1 Å². The van der Waals surface area contributed by atoms with Crippen molar-refractivity contribution in [1.29, 1.82) is 0 Å². The van der Waals surface area contributed by atoms with E-state index in [2.05, 4.69) is 19.2 Å². The predicted molar refractivity (Wildman–Crippen MR) is 95.4 cm³/mol. The summed E-state index contributed by atoms with van der Waals surface area (Å²) in [6.45, 7) is 5.43. The molecule has 1 aliphatic rings. The highest BCUT2D eigenvalue weighted by atomic mass is 16.3. The van der Waals surface area contributed by atoms with Crippen LogP contribution in [-0.4, -0.2) is 35.8 Å². The number of nitrogens with two attached hydrogens (primary N) is 1. The molecule has 2 heterocycles. The molecule has 0 aliphatic carbocycles. The average Bonchev–Trinajstić information content (AvgIpc) is 3.11. The lowest BCUT2D eigenvalue weighted by molar-refractivity contribution is 0.0533. The van der Waals surface area contributed by atoms with Gasteiger partial charge in [0.25, 0.3) is 11.8 Å². The summed E-state index contributed by atoms with van der Waals surface area (Å²) in [5, 5.41) is 2.74. The number of anilines is 1. The Bertz CT molecular complexity index is 768. The summed E-state index contributed by atoms with van der Waals surface area (Å²) in [4.78, 5) is 26.7. The van der Waals surface area contributed by atoms with Crippen LogP contribution in [0.15, 0.2) is 47.1 Å². The van der Waals surface area contributed by atoms with Crippen LogP contribution in [-0.2, 0) is 0 Å². The first kappa shape index (κ1) is 17.2. The summed E-state index contributed by atoms with van der Waals surface area (Å²) in [6.07, 6.45) is 2.23. The Morgan fingerprint density at radius 3 is 2.76 bits per heavy atom. The predicted octanol–water partition coefficient (Wildman–Crippen LogP) is 2.73. The number of piperidine rings is 1. The van der Waals surface area contributed by atoms with Crippen LogP contribution >= 0.6 is 0 Å². The normalized spacial score (nSPS) is 19.5. The van der Waals surface area contributed by atoms with E-state index in [1.165, 1.54) is 6.26 Å². The number of amides is 2. The SMILES string of the molecule is CC1(C)CN(C(=O)c2cccc(NC(=O)c3ccco3)c2)CCC1N. The second-order valence-corrected chi connectivity index (χ2v) is 7.12. The molecule has 1 fully saturated rings. The molecule has 0 bridgehead atoms. The van der Waals surface area contributed by atoms with E-state index in [9.17, 15) is 9.59 Å². The minimum Gasteiger partial charge on any atom is -0.459 e. The molecule has 3 rings (SSSR count). The number of carbonyl (C=O) groups excluding carboxylic acids is 2. The largest absolute Gasteiger partial charge is 0.459 e. The zero-order chi connectivity index (χ0) is 18.0. The third kappa shape index (κ3) is 3.74. The minimum atomic E-state index is -0.348. The van der Waals surface area contributed by atoms with Crippen molar-refractivity contribution >= 4 is 17.5 Å². The highest BCUT2D eigenvalue weighted by Crippen LogP contribution is 2.28. The van der Waals surface area contributed by atoms with Crippen LogP contribution in [0.5, 0.6) is 0 Å². The van der Waals surface area contributed by atoms with E-state index in [-0.39, 0.29) is 29.0 Å². The van der Waals surface area contributed by atoms with Gasteiger partial charge >= 0.3 is 0 Å². The van der Waals surface area contributed by atoms with E-state index in [0.717, 1.165) is 6.42 Å². The van der Waals surface area contributed by atoms with Gasteiger partial charge in [-0.3, -0.25) is 9.59 Å². The zero-order valence-electron chi connectivity index (χ0n) is 14.5. The van der Waals surface area contributed by atoms with Crippen LogP contribution in [0.1, 0.15) is 41.2 Å². The molecule has 1 aliphatic heterocycles. The Morgan fingerprint density at radius 2 is 2.08 bits per heavy atom. The molecule has 0 spiro atoms. The zero-order valence-corrected chi connectivity index (χ0v) is 14.5. The van der Waals surface area contributed by atoms with Crippen LogP contribution in [0.3, 0.4) is 0 Å². The first-order chi connectivity index (χ1) is 11.9. The molecular weight excluding hydrogens is 318 g/mol. The fourth-order valence-electron chi connectivity index (χ4n) is 3.06. The Hall–Kier alpha value is -2.60. The van der Waals surface area contributed by atoms with Gasteiger partial charge in [-0.15, -0.1) is 0 Å². The number of nitrogens with one attached hydrogen (secondary N) is 1. The molecule has 2 aromatic rings. The second-order valence-electron chi connectivity index (χ2n) is 7.12. The van der Waals surface area contributed by atoms with E-state index >= 15 is 0 Å². The third-order valence-electron chi connectivity index (χ3n) is 4.71. The van der Waals surface area contributed by atoms with Gasteiger partial charge in [0.15, 0.2) is 5.76 Å². The van der Waals surface area contributed by atoms with Gasteiger partial charge in [0.05, 0.1) is 6.26 Å². The van der Waals surface area contributed by atoms with Crippen LogP contribution in [0.25, 0.3) is 0 Å². The summed E-state index contributed by atoms with van der Waals surface area (Å²) in [5.74, 6) is -0.169. The quantitative estimate of drug-likeness (QED) is 0.898. The van der Waals surface area contributed by atoms with Crippen LogP contribution in [0.4, 0.5) is 5.69 Å². The lowest BCUT2D eigenvalue weighted by Crippen LogP contribution is -2.54. The standard InChI is InChI=1S/C19H23N3O3/c1-19(2)12-22(9-8-16(19)20)18(24)13-5-3-6-14(11-13)21-17(23)15-7-4-10-25-15/h3-7,10-11,16H,8-9,12,20H2,1-2H3,(H,21,23). The number of likely N-dealkylation sites (tertiary alicyclic amines) is 1. The van der Waals surface area contributed by atoms with E-state index in [0.29, 0.717) is 24.3 Å². The number of benzene rings is 1. The van der Waals surface area contributed by atoms with Crippen molar-refractivity contribution < 1.29 is 14.0 Å². The Labute approximate surface area is 147 Å². The van der Waals surface area contributed by atoms with Gasteiger partial charge in [-0.25, -0.2) is 0 Å². The third-order valence-corrected chi connectivity index (χ3v) is 4.71. The van der Waals surface area contributed by atoms with Crippen LogP contribution in [0.2, 0.25) is 0 Å². The molecule has 0 saturated carbocycles. The van der Waals surface area contributed by atoms with E-state index in [1.807, 2.05) is 4.90 Å². The molecule has 1 aromatic carbocycles. The average molecular weight is 341 g/mol. The summed E-state index contributed by atoms with van der Waals surface area (Å²) in [6, 6.07) is 10.3. The van der Waals surface area contributed by atoms with Crippen molar-refractivity contribution in [3.8, 4) is 0 Å². The minimum absolute atomic E-state index is 0.0472. The maximum atomic E-state index is 12.8. The molecule has 1 unspecified atom stereocenters. The molecule has 132 valence electrons. The fourth-order valence-corrected chi connectivity index (χ4v) is 3.06. The summed E-state index contributed by atoms with van der Waals surface area (Å²) in [7, 11) is 0. The Morgan fingerprint density at radius 1 is 1.28 bits per heavy atom. The maximum Gasteiger partial charge on any atom is 0.291 e. The molecule has 25 heavy (non-hydrogen) atoms. The first-order valence-electron chi connectivity index (χ1n) is 8.36. The van der Waals surface area contributed by atoms with Crippen molar-refractivity contribution in [3.63, 3.8) is 0 Å². The summed E-state index contributed by atoms with van der Waals surface area (Å²) in [5.41, 5.74) is 7.13. The molecule has 2 amide bonds. The monoisotopic (exact) mass is 341 g/mol. The van der Waals surface area contributed by atoms with Gasteiger partial charge in [0.1, 0.15) is 0 Å². The molecular formula is C19H23N3O3.